The van der Waals surface area contributed by atoms with Crippen LogP contribution in [0.1, 0.15) is 36.1 Å². The SMILES string of the molecule is O=C(O)C=Cc1csc(COC2CCCC2)c1. The van der Waals surface area contributed by atoms with Gasteiger partial charge in [-0.1, -0.05) is 12.8 Å². The van der Waals surface area contributed by atoms with E-state index in [1.807, 2.05) is 11.4 Å². The summed E-state index contributed by atoms with van der Waals surface area (Å²) in [5.74, 6) is -0.917. The van der Waals surface area contributed by atoms with Crippen LogP contribution < -0.4 is 0 Å². The molecule has 0 unspecified atom stereocenters. The average molecular weight is 252 g/mol. The molecule has 0 atom stereocenters. The van der Waals surface area contributed by atoms with E-state index in [2.05, 4.69) is 0 Å². The highest BCUT2D eigenvalue weighted by Crippen LogP contribution is 2.24. The molecule has 0 aromatic carbocycles. The van der Waals surface area contributed by atoms with E-state index in [0.29, 0.717) is 12.7 Å². The summed E-state index contributed by atoms with van der Waals surface area (Å²) in [5.41, 5.74) is 0.933. The van der Waals surface area contributed by atoms with Crippen LogP contribution in [0.2, 0.25) is 0 Å². The van der Waals surface area contributed by atoms with Crippen LogP contribution in [0, 0.1) is 0 Å². The maximum atomic E-state index is 10.4. The van der Waals surface area contributed by atoms with Crippen LogP contribution in [0.4, 0.5) is 0 Å². The first-order valence-electron chi connectivity index (χ1n) is 5.84. The number of aliphatic carboxylic acids is 1. The summed E-state index contributed by atoms with van der Waals surface area (Å²) in [7, 11) is 0. The van der Waals surface area contributed by atoms with E-state index in [1.165, 1.54) is 25.7 Å². The normalized spacial score (nSPS) is 16.9. The minimum atomic E-state index is -0.917. The lowest BCUT2D eigenvalue weighted by Crippen LogP contribution is -2.06. The zero-order valence-corrected chi connectivity index (χ0v) is 10.4. The fraction of sp³-hybridized carbons (Fsp3) is 0.462. The first kappa shape index (κ1) is 12.3. The van der Waals surface area contributed by atoms with Crippen molar-refractivity contribution < 1.29 is 14.6 Å². The number of hydrogen-bond donors (Lipinski definition) is 1. The molecule has 0 amide bonds. The van der Waals surface area contributed by atoms with Crippen LogP contribution in [0.25, 0.3) is 6.08 Å². The molecule has 1 aliphatic rings. The van der Waals surface area contributed by atoms with E-state index < -0.39 is 5.97 Å². The number of carboxylic acids is 1. The van der Waals surface area contributed by atoms with Crippen LogP contribution in [0.15, 0.2) is 17.5 Å². The van der Waals surface area contributed by atoms with Crippen LogP contribution in [0.5, 0.6) is 0 Å². The summed E-state index contributed by atoms with van der Waals surface area (Å²) < 4.78 is 5.80. The zero-order valence-electron chi connectivity index (χ0n) is 9.59. The lowest BCUT2D eigenvalue weighted by Gasteiger charge is -2.09. The van der Waals surface area contributed by atoms with Gasteiger partial charge in [0.1, 0.15) is 0 Å². The number of carboxylic acid groups (broad SMARTS) is 1. The second-order valence-electron chi connectivity index (χ2n) is 4.24. The number of carbonyl (C=O) groups is 1. The van der Waals surface area contributed by atoms with Crippen molar-refractivity contribution in [2.24, 2.45) is 0 Å². The summed E-state index contributed by atoms with van der Waals surface area (Å²) in [6.45, 7) is 0.649. The van der Waals surface area contributed by atoms with E-state index in [0.717, 1.165) is 16.5 Å². The quantitative estimate of drug-likeness (QED) is 0.818. The third-order valence-corrected chi connectivity index (χ3v) is 3.78. The second-order valence-corrected chi connectivity index (χ2v) is 5.23. The molecule has 0 aliphatic heterocycles. The standard InChI is InChI=1S/C13H16O3S/c14-13(15)6-5-10-7-12(17-9-10)8-16-11-3-1-2-4-11/h5-7,9,11H,1-4,8H2,(H,14,15). The fourth-order valence-electron chi connectivity index (χ4n) is 1.98. The molecule has 1 saturated carbocycles. The highest BCUT2D eigenvalue weighted by atomic mass is 32.1. The Hall–Kier alpha value is -1.13. The van der Waals surface area contributed by atoms with E-state index in [-0.39, 0.29) is 0 Å². The van der Waals surface area contributed by atoms with Crippen molar-refractivity contribution in [2.45, 2.75) is 38.4 Å². The molecule has 0 bridgehead atoms. The van der Waals surface area contributed by atoms with Gasteiger partial charge in [-0.15, -0.1) is 11.3 Å². The smallest absolute Gasteiger partial charge is 0.328 e. The van der Waals surface area contributed by atoms with E-state index in [9.17, 15) is 4.79 Å². The predicted molar refractivity (Wildman–Crippen MR) is 68.0 cm³/mol. The molecule has 0 spiro atoms. The van der Waals surface area contributed by atoms with Gasteiger partial charge in [0.25, 0.3) is 0 Å². The summed E-state index contributed by atoms with van der Waals surface area (Å²) in [4.78, 5) is 11.5. The molecule has 2 rings (SSSR count). The van der Waals surface area contributed by atoms with Gasteiger partial charge in [-0.3, -0.25) is 0 Å². The molecule has 4 heteroatoms. The fourth-order valence-corrected chi connectivity index (χ4v) is 2.76. The molecule has 1 heterocycles. The molecule has 1 aromatic heterocycles. The molecule has 1 aromatic rings. The van der Waals surface area contributed by atoms with Gasteiger partial charge in [-0.25, -0.2) is 4.79 Å². The molecular formula is C13H16O3S. The number of ether oxygens (including phenoxy) is 1. The largest absolute Gasteiger partial charge is 0.478 e. The molecule has 0 radical (unpaired) electrons. The summed E-state index contributed by atoms with van der Waals surface area (Å²) >= 11 is 1.62. The third kappa shape index (κ3) is 3.98. The summed E-state index contributed by atoms with van der Waals surface area (Å²) in [6.07, 6.45) is 8.11. The number of thiophene rings is 1. The Labute approximate surface area is 105 Å². The van der Waals surface area contributed by atoms with Gasteiger partial charge in [0.15, 0.2) is 0 Å². The van der Waals surface area contributed by atoms with Gasteiger partial charge in [-0.05, 0) is 35.9 Å². The molecule has 3 nitrogen and oxygen atoms in total. The molecule has 1 N–H and O–H groups in total. The van der Waals surface area contributed by atoms with Crippen molar-refractivity contribution in [3.8, 4) is 0 Å². The summed E-state index contributed by atoms with van der Waals surface area (Å²) in [6, 6.07) is 1.99. The molecule has 17 heavy (non-hydrogen) atoms. The van der Waals surface area contributed by atoms with Gasteiger partial charge >= 0.3 is 5.97 Å². The average Bonchev–Trinajstić information content (AvgIpc) is 2.95. The lowest BCUT2D eigenvalue weighted by atomic mass is 10.3. The minimum Gasteiger partial charge on any atom is -0.478 e. The Morgan fingerprint density at radius 1 is 1.53 bits per heavy atom. The molecular weight excluding hydrogens is 236 g/mol. The van der Waals surface area contributed by atoms with Crippen molar-refractivity contribution in [2.75, 3.05) is 0 Å². The second kappa shape index (κ2) is 5.98. The van der Waals surface area contributed by atoms with Crippen LogP contribution in [-0.2, 0) is 16.1 Å². The van der Waals surface area contributed by atoms with Crippen molar-refractivity contribution in [3.05, 3.63) is 28.0 Å². The van der Waals surface area contributed by atoms with E-state index >= 15 is 0 Å². The zero-order chi connectivity index (χ0) is 12.1. The number of hydrogen-bond acceptors (Lipinski definition) is 3. The Kier molecular flexibility index (Phi) is 4.34. The Bertz CT molecular complexity index is 403. The van der Waals surface area contributed by atoms with E-state index in [1.54, 1.807) is 17.4 Å². The van der Waals surface area contributed by atoms with Crippen molar-refractivity contribution in [1.29, 1.82) is 0 Å². The Morgan fingerprint density at radius 2 is 2.29 bits per heavy atom. The van der Waals surface area contributed by atoms with Crippen molar-refractivity contribution in [3.63, 3.8) is 0 Å². The maximum Gasteiger partial charge on any atom is 0.328 e. The summed E-state index contributed by atoms with van der Waals surface area (Å²) in [5, 5.41) is 10.5. The van der Waals surface area contributed by atoms with E-state index in [4.69, 9.17) is 9.84 Å². The van der Waals surface area contributed by atoms with Crippen molar-refractivity contribution >= 4 is 23.4 Å². The first-order valence-corrected chi connectivity index (χ1v) is 6.72. The maximum absolute atomic E-state index is 10.4. The number of rotatable bonds is 5. The van der Waals surface area contributed by atoms with Crippen LogP contribution in [0.3, 0.4) is 0 Å². The van der Waals surface area contributed by atoms with Crippen LogP contribution in [-0.4, -0.2) is 17.2 Å². The monoisotopic (exact) mass is 252 g/mol. The van der Waals surface area contributed by atoms with Gasteiger partial charge < -0.3 is 9.84 Å². The highest BCUT2D eigenvalue weighted by Gasteiger charge is 2.15. The van der Waals surface area contributed by atoms with Gasteiger partial charge in [-0.2, -0.15) is 0 Å². The molecule has 92 valence electrons. The molecule has 1 fully saturated rings. The lowest BCUT2D eigenvalue weighted by molar-refractivity contribution is -0.131. The Morgan fingerprint density at radius 3 is 3.00 bits per heavy atom. The topological polar surface area (TPSA) is 46.5 Å². The van der Waals surface area contributed by atoms with Gasteiger partial charge in [0.2, 0.25) is 0 Å². The Balaban J connectivity index is 1.83. The van der Waals surface area contributed by atoms with Gasteiger partial charge in [0, 0.05) is 11.0 Å². The van der Waals surface area contributed by atoms with Crippen molar-refractivity contribution in [1.82, 2.24) is 0 Å². The molecule has 1 aliphatic carbocycles. The molecule has 0 saturated heterocycles. The van der Waals surface area contributed by atoms with Crippen LogP contribution >= 0.6 is 11.3 Å². The minimum absolute atomic E-state index is 0.426. The highest BCUT2D eigenvalue weighted by molar-refractivity contribution is 7.10. The third-order valence-electron chi connectivity index (χ3n) is 2.86. The predicted octanol–water partition coefficient (Wildman–Crippen LogP) is 3.31. The van der Waals surface area contributed by atoms with Gasteiger partial charge in [0.05, 0.1) is 12.7 Å². The first-order chi connectivity index (χ1) is 8.24.